The molecule has 1 aliphatic heterocycles. The van der Waals surface area contributed by atoms with Gasteiger partial charge in [0.2, 0.25) is 0 Å². The molecular formula is C7H17ClN2. The maximum atomic E-state index is 3.37. The minimum absolute atomic E-state index is 0. The van der Waals surface area contributed by atoms with Crippen LogP contribution in [0, 0.1) is 0 Å². The Labute approximate surface area is 69.4 Å². The van der Waals surface area contributed by atoms with Gasteiger partial charge in [0, 0.05) is 18.1 Å². The van der Waals surface area contributed by atoms with Crippen molar-refractivity contribution in [2.24, 2.45) is 0 Å². The lowest BCUT2D eigenvalue weighted by atomic mass is 9.86. The van der Waals surface area contributed by atoms with Gasteiger partial charge in [0.1, 0.15) is 0 Å². The minimum Gasteiger partial charge on any atom is -0.309 e. The first-order chi connectivity index (χ1) is 4.04. The Morgan fingerprint density at radius 1 is 1.40 bits per heavy atom. The van der Waals surface area contributed by atoms with E-state index < -0.39 is 0 Å². The Kier molecular flexibility index (Phi) is 3.14. The van der Waals surface area contributed by atoms with Crippen LogP contribution in [0.25, 0.3) is 0 Å². The Balaban J connectivity index is 0.000000810. The van der Waals surface area contributed by atoms with Crippen LogP contribution in [0.4, 0.5) is 0 Å². The van der Waals surface area contributed by atoms with Gasteiger partial charge >= 0.3 is 0 Å². The van der Waals surface area contributed by atoms with Crippen LogP contribution < -0.4 is 5.32 Å². The van der Waals surface area contributed by atoms with Crippen molar-refractivity contribution < 1.29 is 0 Å². The van der Waals surface area contributed by atoms with Crippen molar-refractivity contribution in [2.45, 2.75) is 25.4 Å². The van der Waals surface area contributed by atoms with Crippen LogP contribution >= 0.6 is 12.4 Å². The van der Waals surface area contributed by atoms with Crippen molar-refractivity contribution in [3.05, 3.63) is 0 Å². The number of rotatable bonds is 1. The molecular weight excluding hydrogens is 148 g/mol. The van der Waals surface area contributed by atoms with Gasteiger partial charge < -0.3 is 10.2 Å². The number of nitrogens with one attached hydrogen (secondary N) is 1. The summed E-state index contributed by atoms with van der Waals surface area (Å²) < 4.78 is 0. The summed E-state index contributed by atoms with van der Waals surface area (Å²) in [6.45, 7) is 5.61. The highest BCUT2D eigenvalue weighted by atomic mass is 35.5. The fourth-order valence-corrected chi connectivity index (χ4v) is 1.43. The van der Waals surface area contributed by atoms with Crippen LogP contribution in [0.15, 0.2) is 0 Å². The van der Waals surface area contributed by atoms with Gasteiger partial charge in [-0.2, -0.15) is 0 Å². The quantitative estimate of drug-likeness (QED) is 0.615. The Morgan fingerprint density at radius 3 is 1.90 bits per heavy atom. The summed E-state index contributed by atoms with van der Waals surface area (Å²) in [6.07, 6.45) is 0. The van der Waals surface area contributed by atoms with Crippen LogP contribution in [0.2, 0.25) is 0 Å². The lowest BCUT2D eigenvalue weighted by Gasteiger charge is -2.49. The molecule has 1 unspecified atom stereocenters. The van der Waals surface area contributed by atoms with E-state index in [9.17, 15) is 0 Å². The molecule has 1 fully saturated rings. The van der Waals surface area contributed by atoms with Crippen molar-refractivity contribution in [3.63, 3.8) is 0 Å². The average molecular weight is 165 g/mol. The Morgan fingerprint density at radius 2 is 1.90 bits per heavy atom. The molecule has 1 atom stereocenters. The van der Waals surface area contributed by atoms with E-state index in [1.807, 2.05) is 0 Å². The minimum atomic E-state index is 0. The van der Waals surface area contributed by atoms with E-state index in [1.54, 1.807) is 0 Å². The highest BCUT2D eigenvalue weighted by molar-refractivity contribution is 5.85. The third-order valence-corrected chi connectivity index (χ3v) is 2.21. The maximum absolute atomic E-state index is 3.37. The zero-order valence-corrected chi connectivity index (χ0v) is 7.96. The topological polar surface area (TPSA) is 15.3 Å². The largest absolute Gasteiger partial charge is 0.309 e. The Hall–Kier alpha value is 0.210. The van der Waals surface area contributed by atoms with Crippen molar-refractivity contribution in [3.8, 4) is 0 Å². The molecule has 3 heteroatoms. The van der Waals surface area contributed by atoms with Crippen molar-refractivity contribution >= 4 is 12.4 Å². The lowest BCUT2D eigenvalue weighted by Crippen LogP contribution is -2.70. The third-order valence-electron chi connectivity index (χ3n) is 2.21. The first-order valence-corrected chi connectivity index (χ1v) is 3.45. The van der Waals surface area contributed by atoms with E-state index >= 15 is 0 Å². The highest BCUT2D eigenvalue weighted by Gasteiger charge is 2.38. The molecule has 1 heterocycles. The van der Waals surface area contributed by atoms with Crippen LogP contribution in [-0.2, 0) is 0 Å². The van der Waals surface area contributed by atoms with Gasteiger partial charge in [0.05, 0.1) is 0 Å². The van der Waals surface area contributed by atoms with Gasteiger partial charge in [0.15, 0.2) is 0 Å². The number of likely N-dealkylation sites (N-methyl/N-ethyl adjacent to an activating group) is 1. The molecule has 0 aromatic carbocycles. The molecule has 0 spiro atoms. The molecule has 0 saturated carbocycles. The molecule has 1 aliphatic rings. The number of nitrogens with zero attached hydrogens (tertiary/aromatic N) is 1. The second-order valence-electron chi connectivity index (χ2n) is 3.58. The van der Waals surface area contributed by atoms with Gasteiger partial charge in [0.25, 0.3) is 0 Å². The van der Waals surface area contributed by atoms with Crippen LogP contribution in [-0.4, -0.2) is 37.1 Å². The zero-order valence-electron chi connectivity index (χ0n) is 7.14. The molecule has 2 nitrogen and oxygen atoms in total. The van der Waals surface area contributed by atoms with Crippen molar-refractivity contribution in [1.29, 1.82) is 0 Å². The maximum Gasteiger partial charge on any atom is 0.0391 e. The zero-order chi connectivity index (χ0) is 7.07. The lowest BCUT2D eigenvalue weighted by molar-refractivity contribution is 0.0845. The van der Waals surface area contributed by atoms with Gasteiger partial charge in [-0.3, -0.25) is 0 Å². The summed E-state index contributed by atoms with van der Waals surface area (Å²) in [5.74, 6) is 0. The van der Waals surface area contributed by atoms with Gasteiger partial charge in [-0.15, -0.1) is 12.4 Å². The van der Waals surface area contributed by atoms with Crippen molar-refractivity contribution in [1.82, 2.24) is 10.2 Å². The summed E-state index contributed by atoms with van der Waals surface area (Å²) in [4.78, 5) is 2.27. The Bertz CT molecular complexity index is 112. The SMILES string of the molecule is CN(C)C1CNC1(C)C.Cl. The van der Waals surface area contributed by atoms with Crippen LogP contribution in [0.1, 0.15) is 13.8 Å². The number of hydrogen-bond acceptors (Lipinski definition) is 2. The molecule has 10 heavy (non-hydrogen) atoms. The van der Waals surface area contributed by atoms with E-state index in [4.69, 9.17) is 0 Å². The van der Waals surface area contributed by atoms with Gasteiger partial charge in [-0.05, 0) is 27.9 Å². The van der Waals surface area contributed by atoms with Gasteiger partial charge in [-0.25, -0.2) is 0 Å². The second kappa shape index (κ2) is 3.07. The first-order valence-electron chi connectivity index (χ1n) is 3.45. The fraction of sp³-hybridized carbons (Fsp3) is 1.00. The summed E-state index contributed by atoms with van der Waals surface area (Å²) in [5.41, 5.74) is 0.337. The molecule has 0 aliphatic carbocycles. The summed E-state index contributed by atoms with van der Waals surface area (Å²) in [7, 11) is 4.26. The molecule has 0 amide bonds. The molecule has 1 rings (SSSR count). The second-order valence-corrected chi connectivity index (χ2v) is 3.58. The van der Waals surface area contributed by atoms with Crippen molar-refractivity contribution in [2.75, 3.05) is 20.6 Å². The van der Waals surface area contributed by atoms with E-state index in [0.29, 0.717) is 5.54 Å². The normalized spacial score (nSPS) is 29.1. The van der Waals surface area contributed by atoms with Gasteiger partial charge in [-0.1, -0.05) is 0 Å². The smallest absolute Gasteiger partial charge is 0.0391 e. The molecule has 0 bridgehead atoms. The monoisotopic (exact) mass is 164 g/mol. The highest BCUT2D eigenvalue weighted by Crippen LogP contribution is 2.20. The van der Waals surface area contributed by atoms with E-state index in [-0.39, 0.29) is 12.4 Å². The van der Waals surface area contributed by atoms with E-state index in [2.05, 4.69) is 38.2 Å². The molecule has 0 aromatic rings. The molecule has 1 saturated heterocycles. The summed E-state index contributed by atoms with van der Waals surface area (Å²) in [6, 6.07) is 0.720. The fourth-order valence-electron chi connectivity index (χ4n) is 1.43. The summed E-state index contributed by atoms with van der Waals surface area (Å²) in [5, 5.41) is 3.37. The number of halogens is 1. The predicted molar refractivity (Wildman–Crippen MR) is 46.8 cm³/mol. The summed E-state index contributed by atoms with van der Waals surface area (Å²) >= 11 is 0. The number of hydrogen-bond donors (Lipinski definition) is 1. The molecule has 62 valence electrons. The molecule has 0 radical (unpaired) electrons. The van der Waals surface area contributed by atoms with E-state index in [1.165, 1.54) is 0 Å². The standard InChI is InChI=1S/C7H16N2.ClH/c1-7(2)6(5-8-7)9(3)4;/h6,8H,5H2,1-4H3;1H. The molecule has 1 N–H and O–H groups in total. The predicted octanol–water partition coefficient (Wildman–Crippen LogP) is 0.720. The van der Waals surface area contributed by atoms with E-state index in [0.717, 1.165) is 12.6 Å². The van der Waals surface area contributed by atoms with Crippen LogP contribution in [0.3, 0.4) is 0 Å². The van der Waals surface area contributed by atoms with Crippen LogP contribution in [0.5, 0.6) is 0 Å². The molecule has 0 aromatic heterocycles. The average Bonchev–Trinajstić information content (AvgIpc) is 1.62. The third kappa shape index (κ3) is 1.62. The first kappa shape index (κ1) is 10.2.